The summed E-state index contributed by atoms with van der Waals surface area (Å²) in [5, 5.41) is 0. The van der Waals surface area contributed by atoms with Gasteiger partial charge >= 0.3 is 0 Å². The predicted molar refractivity (Wildman–Crippen MR) is 213 cm³/mol. The van der Waals surface area contributed by atoms with Gasteiger partial charge in [-0.05, 0) is 109 Å². The Labute approximate surface area is 303 Å². The average Bonchev–Trinajstić information content (AvgIpc) is 3.23. The molecule has 1 aromatic heterocycles. The van der Waals surface area contributed by atoms with E-state index in [1.165, 1.54) is 0 Å². The number of hydrogen-bond donors (Lipinski definition) is 0. The van der Waals surface area contributed by atoms with Gasteiger partial charge in [-0.15, -0.1) is 0 Å². The van der Waals surface area contributed by atoms with Crippen LogP contribution in [-0.4, -0.2) is 24.2 Å². The van der Waals surface area contributed by atoms with Gasteiger partial charge in [-0.3, -0.25) is 0 Å². The second-order valence-corrected chi connectivity index (χ2v) is 12.2. The van der Waals surface area contributed by atoms with E-state index in [-0.39, 0.29) is 0 Å². The molecule has 8 aromatic rings. The second-order valence-electron chi connectivity index (χ2n) is 12.2. The van der Waals surface area contributed by atoms with E-state index in [1.54, 1.807) is 14.2 Å². The summed E-state index contributed by atoms with van der Waals surface area (Å²) in [7, 11) is 3.35. The molecule has 0 bridgehead atoms. The van der Waals surface area contributed by atoms with Crippen LogP contribution in [0.25, 0.3) is 33.5 Å². The van der Waals surface area contributed by atoms with Gasteiger partial charge < -0.3 is 19.3 Å². The summed E-state index contributed by atoms with van der Waals surface area (Å²) < 4.78 is 11.1. The number of benzene rings is 7. The third kappa shape index (κ3) is 6.30. The van der Waals surface area contributed by atoms with Crippen LogP contribution in [0.2, 0.25) is 0 Å². The molecule has 0 radical (unpaired) electrons. The van der Waals surface area contributed by atoms with Crippen molar-refractivity contribution in [3.63, 3.8) is 0 Å². The van der Waals surface area contributed by atoms with Crippen molar-refractivity contribution in [1.29, 1.82) is 0 Å². The molecular weight excluding hydrogens is 641 g/mol. The van der Waals surface area contributed by atoms with Crippen LogP contribution in [0.5, 0.6) is 11.5 Å². The summed E-state index contributed by atoms with van der Waals surface area (Å²) in [6, 6.07) is 61.9. The normalized spacial score (nSPS) is 10.9. The van der Waals surface area contributed by atoms with Gasteiger partial charge in [-0.25, -0.2) is 9.97 Å². The van der Waals surface area contributed by atoms with E-state index in [1.807, 2.05) is 72.8 Å². The van der Waals surface area contributed by atoms with E-state index in [0.29, 0.717) is 0 Å². The van der Waals surface area contributed by atoms with Crippen molar-refractivity contribution >= 4 is 45.2 Å². The number of methoxy groups -OCH3 is 2. The third-order valence-corrected chi connectivity index (χ3v) is 9.05. The maximum atomic E-state index is 5.62. The number of ether oxygens (including phenoxy) is 2. The predicted octanol–water partition coefficient (Wildman–Crippen LogP) is 11.9. The van der Waals surface area contributed by atoms with Crippen molar-refractivity contribution in [3.05, 3.63) is 182 Å². The molecule has 0 aliphatic carbocycles. The highest BCUT2D eigenvalue weighted by Gasteiger charge is 2.25. The Morgan fingerprint density at radius 1 is 0.346 bits per heavy atom. The minimum atomic E-state index is 0.755. The molecule has 0 saturated heterocycles. The maximum absolute atomic E-state index is 5.62. The van der Waals surface area contributed by atoms with Crippen LogP contribution in [0.3, 0.4) is 0 Å². The second kappa shape index (κ2) is 14.5. The van der Waals surface area contributed by atoms with Gasteiger partial charge in [0, 0.05) is 33.9 Å². The summed E-state index contributed by atoms with van der Waals surface area (Å²) in [6.45, 7) is 0. The standard InChI is InChI=1S/C46H36N4O2/c1-51-39-27-23-33(24-28-39)43-44(34-25-29-40(52-2)30-26-34)48-46-42(50(37-19-11-5-12-20-37)38-21-13-6-14-22-38)32-31-41(45(46)47-43)49(35-15-7-3-8-16-35)36-17-9-4-10-18-36/h3-32H,1-2H3. The zero-order valence-corrected chi connectivity index (χ0v) is 28.9. The summed E-state index contributed by atoms with van der Waals surface area (Å²) >= 11 is 0. The van der Waals surface area contributed by atoms with Gasteiger partial charge in [0.05, 0.1) is 37.0 Å². The smallest absolute Gasteiger partial charge is 0.118 e. The Kier molecular flexibility index (Phi) is 9.01. The highest BCUT2D eigenvalue weighted by molar-refractivity contribution is 6.05. The Hall–Kier alpha value is -6.92. The topological polar surface area (TPSA) is 50.7 Å². The van der Waals surface area contributed by atoms with E-state index in [4.69, 9.17) is 19.4 Å². The quantitative estimate of drug-likeness (QED) is 0.144. The third-order valence-electron chi connectivity index (χ3n) is 9.05. The van der Waals surface area contributed by atoms with Crippen LogP contribution in [0.15, 0.2) is 182 Å². The first-order valence-corrected chi connectivity index (χ1v) is 17.2. The van der Waals surface area contributed by atoms with Crippen LogP contribution in [0, 0.1) is 0 Å². The van der Waals surface area contributed by atoms with E-state index in [9.17, 15) is 0 Å². The molecule has 0 N–H and O–H groups in total. The fourth-order valence-corrected chi connectivity index (χ4v) is 6.53. The molecule has 1 heterocycles. The molecule has 0 atom stereocenters. The highest BCUT2D eigenvalue weighted by atomic mass is 16.5. The van der Waals surface area contributed by atoms with Crippen LogP contribution in [-0.2, 0) is 0 Å². The minimum Gasteiger partial charge on any atom is -0.497 e. The first-order chi connectivity index (χ1) is 25.7. The molecule has 0 fully saturated rings. The summed E-state index contributed by atoms with van der Waals surface area (Å²) in [4.78, 5) is 15.7. The lowest BCUT2D eigenvalue weighted by Gasteiger charge is -2.30. The zero-order chi connectivity index (χ0) is 35.3. The number of nitrogens with zero attached hydrogens (tertiary/aromatic N) is 4. The maximum Gasteiger partial charge on any atom is 0.118 e. The van der Waals surface area contributed by atoms with Crippen LogP contribution in [0.4, 0.5) is 34.1 Å². The van der Waals surface area contributed by atoms with Gasteiger partial charge in [0.25, 0.3) is 0 Å². The molecule has 0 aliphatic rings. The first-order valence-electron chi connectivity index (χ1n) is 17.2. The Bertz CT molecular complexity index is 2150. The lowest BCUT2D eigenvalue weighted by Crippen LogP contribution is -2.14. The van der Waals surface area contributed by atoms with Gasteiger partial charge in [-0.1, -0.05) is 72.8 Å². The molecule has 252 valence electrons. The SMILES string of the molecule is COc1ccc(-c2nc3c(N(c4ccccc4)c4ccccc4)ccc(N(c4ccccc4)c4ccccc4)c3nc2-c2ccc(OC)cc2)cc1. The molecule has 0 saturated carbocycles. The Balaban J connectivity index is 1.49. The fraction of sp³-hybridized carbons (Fsp3) is 0.0435. The fourth-order valence-electron chi connectivity index (χ4n) is 6.53. The van der Waals surface area contributed by atoms with Crippen molar-refractivity contribution in [2.45, 2.75) is 0 Å². The molecule has 8 rings (SSSR count). The average molecular weight is 677 g/mol. The molecular formula is C46H36N4O2. The molecule has 7 aromatic carbocycles. The zero-order valence-electron chi connectivity index (χ0n) is 28.9. The van der Waals surface area contributed by atoms with Gasteiger partial charge in [0.15, 0.2) is 0 Å². The lowest BCUT2D eigenvalue weighted by atomic mass is 10.0. The van der Waals surface area contributed by atoms with E-state index in [0.717, 1.165) is 79.2 Å². The number of fused-ring (bicyclic) bond motifs is 1. The number of anilines is 6. The van der Waals surface area contributed by atoms with Crippen molar-refractivity contribution < 1.29 is 9.47 Å². The summed E-state index contributed by atoms with van der Waals surface area (Å²) in [5.41, 5.74) is 10.7. The van der Waals surface area contributed by atoms with E-state index < -0.39 is 0 Å². The molecule has 0 unspecified atom stereocenters. The lowest BCUT2D eigenvalue weighted by molar-refractivity contribution is 0.414. The number of aromatic nitrogens is 2. The van der Waals surface area contributed by atoms with E-state index in [2.05, 4.69) is 119 Å². The van der Waals surface area contributed by atoms with Crippen LogP contribution < -0.4 is 19.3 Å². The minimum absolute atomic E-state index is 0.755. The molecule has 52 heavy (non-hydrogen) atoms. The van der Waals surface area contributed by atoms with Crippen LogP contribution >= 0.6 is 0 Å². The molecule has 6 heteroatoms. The van der Waals surface area contributed by atoms with E-state index >= 15 is 0 Å². The van der Waals surface area contributed by atoms with Crippen molar-refractivity contribution in [2.24, 2.45) is 0 Å². The first kappa shape index (κ1) is 32.3. The highest BCUT2D eigenvalue weighted by Crippen LogP contribution is 2.46. The largest absolute Gasteiger partial charge is 0.497 e. The van der Waals surface area contributed by atoms with Gasteiger partial charge in [0.1, 0.15) is 22.5 Å². The Morgan fingerprint density at radius 3 is 0.904 bits per heavy atom. The summed E-state index contributed by atoms with van der Waals surface area (Å²) in [5.74, 6) is 1.54. The van der Waals surface area contributed by atoms with Crippen LogP contribution in [0.1, 0.15) is 0 Å². The van der Waals surface area contributed by atoms with Gasteiger partial charge in [0.2, 0.25) is 0 Å². The number of rotatable bonds is 10. The van der Waals surface area contributed by atoms with Crippen molar-refractivity contribution in [2.75, 3.05) is 24.0 Å². The molecule has 0 spiro atoms. The Morgan fingerprint density at radius 2 is 0.635 bits per heavy atom. The van der Waals surface area contributed by atoms with Crippen molar-refractivity contribution in [3.8, 4) is 34.0 Å². The number of para-hydroxylation sites is 4. The molecule has 6 nitrogen and oxygen atoms in total. The summed E-state index contributed by atoms with van der Waals surface area (Å²) in [6.07, 6.45) is 0. The monoisotopic (exact) mass is 676 g/mol. The molecule has 0 amide bonds. The van der Waals surface area contributed by atoms with Crippen molar-refractivity contribution in [1.82, 2.24) is 9.97 Å². The molecule has 0 aliphatic heterocycles. The number of hydrogen-bond acceptors (Lipinski definition) is 6. The van der Waals surface area contributed by atoms with Gasteiger partial charge in [-0.2, -0.15) is 0 Å².